The van der Waals surface area contributed by atoms with Crippen molar-refractivity contribution in [2.75, 3.05) is 0 Å². The van der Waals surface area contributed by atoms with Gasteiger partial charge in [0.25, 0.3) is 0 Å². The molecule has 0 saturated carbocycles. The molecule has 0 heterocycles. The van der Waals surface area contributed by atoms with E-state index in [1.807, 2.05) is 39.0 Å². The van der Waals surface area contributed by atoms with E-state index in [0.29, 0.717) is 0 Å². The largest absolute Gasteiger partial charge is 0.392 e. The number of aliphatic hydroxyl groups excluding tert-OH is 1. The zero-order valence-corrected chi connectivity index (χ0v) is 12.2. The molecular formula is C12H18BrNOS. The zero-order chi connectivity index (χ0) is 12.3. The molecule has 2 nitrogen and oxygen atoms in total. The van der Waals surface area contributed by atoms with Crippen molar-refractivity contribution >= 4 is 27.7 Å². The Hall–Kier alpha value is -0.0300. The van der Waals surface area contributed by atoms with Gasteiger partial charge in [-0.1, -0.05) is 13.0 Å². The van der Waals surface area contributed by atoms with Crippen molar-refractivity contribution in [2.24, 2.45) is 5.73 Å². The molecular weight excluding hydrogens is 286 g/mol. The number of rotatable bonds is 4. The monoisotopic (exact) mass is 303 g/mol. The molecule has 0 bridgehead atoms. The number of hydrogen-bond acceptors (Lipinski definition) is 3. The summed E-state index contributed by atoms with van der Waals surface area (Å²) in [5.74, 6) is 0. The summed E-state index contributed by atoms with van der Waals surface area (Å²) in [5.41, 5.74) is 6.93. The molecule has 0 saturated heterocycles. The predicted octanol–water partition coefficient (Wildman–Crippen LogP) is 3.33. The van der Waals surface area contributed by atoms with Gasteiger partial charge in [-0.05, 0) is 47.5 Å². The molecule has 0 radical (unpaired) electrons. The van der Waals surface area contributed by atoms with Crippen molar-refractivity contribution in [3.63, 3.8) is 0 Å². The molecule has 3 N–H and O–H groups in total. The van der Waals surface area contributed by atoms with Gasteiger partial charge in [-0.2, -0.15) is 0 Å². The van der Waals surface area contributed by atoms with E-state index in [-0.39, 0.29) is 17.4 Å². The fraction of sp³-hybridized carbons (Fsp3) is 0.500. The van der Waals surface area contributed by atoms with Crippen molar-refractivity contribution in [3.05, 3.63) is 28.2 Å². The van der Waals surface area contributed by atoms with Gasteiger partial charge in [0.2, 0.25) is 0 Å². The molecule has 0 amide bonds. The maximum atomic E-state index is 9.46. The molecule has 0 spiro atoms. The van der Waals surface area contributed by atoms with Gasteiger partial charge in [0.1, 0.15) is 0 Å². The summed E-state index contributed by atoms with van der Waals surface area (Å²) in [4.78, 5) is 1.14. The minimum Gasteiger partial charge on any atom is -0.392 e. The van der Waals surface area contributed by atoms with Gasteiger partial charge in [0.05, 0.1) is 6.10 Å². The van der Waals surface area contributed by atoms with E-state index in [9.17, 15) is 5.11 Å². The first-order valence-corrected chi connectivity index (χ1v) is 6.99. The summed E-state index contributed by atoms with van der Waals surface area (Å²) in [5, 5.41) is 9.64. The van der Waals surface area contributed by atoms with Crippen LogP contribution in [0.2, 0.25) is 0 Å². The molecule has 1 aromatic carbocycles. The van der Waals surface area contributed by atoms with Crippen LogP contribution in [0.3, 0.4) is 0 Å². The highest BCUT2D eigenvalue weighted by Crippen LogP contribution is 2.33. The number of halogens is 1. The molecule has 0 aromatic heterocycles. The second-order valence-corrected chi connectivity index (χ2v) is 6.32. The third-order valence-electron chi connectivity index (χ3n) is 2.47. The second-order valence-electron chi connectivity index (χ2n) is 4.04. The molecule has 3 atom stereocenters. The van der Waals surface area contributed by atoms with E-state index < -0.39 is 0 Å². The molecule has 90 valence electrons. The minimum absolute atomic E-state index is 0.0459. The van der Waals surface area contributed by atoms with Gasteiger partial charge in [-0.25, -0.2) is 0 Å². The SMILES string of the molecule is CC(O)C(C)Sc1ccc([C@H](C)N)cc1Br. The highest BCUT2D eigenvalue weighted by Gasteiger charge is 2.13. The van der Waals surface area contributed by atoms with Crippen molar-refractivity contribution in [1.29, 1.82) is 0 Å². The maximum Gasteiger partial charge on any atom is 0.0631 e. The van der Waals surface area contributed by atoms with Crippen LogP contribution in [0.5, 0.6) is 0 Å². The summed E-state index contributed by atoms with van der Waals surface area (Å²) < 4.78 is 1.04. The van der Waals surface area contributed by atoms with Crippen LogP contribution in [0.25, 0.3) is 0 Å². The Morgan fingerprint density at radius 2 is 1.94 bits per heavy atom. The Bertz CT molecular complexity index is 355. The lowest BCUT2D eigenvalue weighted by molar-refractivity contribution is 0.196. The molecule has 0 aliphatic heterocycles. The summed E-state index contributed by atoms with van der Waals surface area (Å²) >= 11 is 5.20. The second kappa shape index (κ2) is 6.05. The van der Waals surface area contributed by atoms with Crippen molar-refractivity contribution < 1.29 is 5.11 Å². The summed E-state index contributed by atoms with van der Waals surface area (Å²) in [6.45, 7) is 5.79. The lowest BCUT2D eigenvalue weighted by atomic mass is 10.1. The fourth-order valence-corrected chi connectivity index (χ4v) is 2.79. The summed E-state index contributed by atoms with van der Waals surface area (Å²) in [7, 11) is 0. The molecule has 0 aliphatic carbocycles. The van der Waals surface area contributed by atoms with E-state index in [4.69, 9.17) is 5.73 Å². The maximum absolute atomic E-state index is 9.46. The number of benzene rings is 1. The Morgan fingerprint density at radius 3 is 2.38 bits per heavy atom. The van der Waals surface area contributed by atoms with Gasteiger partial charge < -0.3 is 10.8 Å². The van der Waals surface area contributed by atoms with Crippen LogP contribution in [0.1, 0.15) is 32.4 Å². The van der Waals surface area contributed by atoms with E-state index in [1.54, 1.807) is 11.8 Å². The predicted molar refractivity (Wildman–Crippen MR) is 73.7 cm³/mol. The van der Waals surface area contributed by atoms with Crippen LogP contribution in [-0.4, -0.2) is 16.5 Å². The lowest BCUT2D eigenvalue weighted by Crippen LogP contribution is -2.15. The topological polar surface area (TPSA) is 46.2 Å². The van der Waals surface area contributed by atoms with Crippen LogP contribution in [-0.2, 0) is 0 Å². The van der Waals surface area contributed by atoms with E-state index >= 15 is 0 Å². The fourth-order valence-electron chi connectivity index (χ4n) is 1.19. The lowest BCUT2D eigenvalue weighted by Gasteiger charge is -2.16. The van der Waals surface area contributed by atoms with Gasteiger partial charge in [0, 0.05) is 20.7 Å². The summed E-state index contributed by atoms with van der Waals surface area (Å²) in [6.07, 6.45) is -0.315. The van der Waals surface area contributed by atoms with Crippen LogP contribution >= 0.6 is 27.7 Å². The third kappa shape index (κ3) is 3.77. The number of hydrogen-bond donors (Lipinski definition) is 2. The minimum atomic E-state index is -0.315. The average Bonchev–Trinajstić information content (AvgIpc) is 2.20. The van der Waals surface area contributed by atoms with E-state index in [1.165, 1.54) is 0 Å². The third-order valence-corrected chi connectivity index (χ3v) is 4.77. The number of thioether (sulfide) groups is 1. The first-order chi connectivity index (χ1) is 7.41. The average molecular weight is 304 g/mol. The highest BCUT2D eigenvalue weighted by atomic mass is 79.9. The molecule has 2 unspecified atom stereocenters. The van der Waals surface area contributed by atoms with Gasteiger partial charge >= 0.3 is 0 Å². The van der Waals surface area contributed by atoms with Gasteiger partial charge in [0.15, 0.2) is 0 Å². The van der Waals surface area contributed by atoms with Crippen molar-refractivity contribution in [1.82, 2.24) is 0 Å². The van der Waals surface area contributed by atoms with Crippen LogP contribution in [0.15, 0.2) is 27.6 Å². The zero-order valence-electron chi connectivity index (χ0n) is 9.77. The van der Waals surface area contributed by atoms with Crippen molar-refractivity contribution in [2.45, 2.75) is 43.1 Å². The van der Waals surface area contributed by atoms with Crippen molar-refractivity contribution in [3.8, 4) is 0 Å². The highest BCUT2D eigenvalue weighted by molar-refractivity contribution is 9.10. The molecule has 0 aliphatic rings. The van der Waals surface area contributed by atoms with Gasteiger partial charge in [-0.15, -0.1) is 11.8 Å². The standard InChI is InChI=1S/C12H18BrNOS/c1-7(14)10-4-5-12(11(13)6-10)16-9(3)8(2)15/h4-9,15H,14H2,1-3H3/t7-,8?,9?/m0/s1. The molecule has 4 heteroatoms. The molecule has 16 heavy (non-hydrogen) atoms. The van der Waals surface area contributed by atoms with Gasteiger partial charge in [-0.3, -0.25) is 0 Å². The molecule has 1 rings (SSSR count). The Labute approximate surface area is 110 Å². The van der Waals surface area contributed by atoms with Crippen LogP contribution in [0, 0.1) is 0 Å². The normalized spacial score (nSPS) is 16.9. The number of nitrogens with two attached hydrogens (primary N) is 1. The van der Waals surface area contributed by atoms with Crippen LogP contribution in [0.4, 0.5) is 0 Å². The number of aliphatic hydroxyl groups is 1. The first-order valence-electron chi connectivity index (χ1n) is 5.31. The quantitative estimate of drug-likeness (QED) is 0.839. The Balaban J connectivity index is 2.83. The Kier molecular flexibility index (Phi) is 5.31. The summed E-state index contributed by atoms with van der Waals surface area (Å²) in [6, 6.07) is 6.17. The molecule has 0 fully saturated rings. The Morgan fingerprint density at radius 1 is 1.31 bits per heavy atom. The molecule has 1 aromatic rings. The van der Waals surface area contributed by atoms with Crippen LogP contribution < -0.4 is 5.73 Å². The first kappa shape index (κ1) is 14.0. The van der Waals surface area contributed by atoms with E-state index in [2.05, 4.69) is 15.9 Å². The van der Waals surface area contributed by atoms with E-state index in [0.717, 1.165) is 14.9 Å². The smallest absolute Gasteiger partial charge is 0.0631 e.